The third-order valence-corrected chi connectivity index (χ3v) is 2.90. The average molecular weight is 199 g/mol. The number of hydrogen-bond acceptors (Lipinski definition) is 1. The van der Waals surface area contributed by atoms with E-state index in [9.17, 15) is 0 Å². The molecule has 0 radical (unpaired) electrons. The summed E-state index contributed by atoms with van der Waals surface area (Å²) in [5, 5.41) is 0. The Labute approximate surface area is 83.9 Å². The molecule has 2 nitrogen and oxygen atoms in total. The smallest absolute Gasteiger partial charge is 0.106 e. The normalized spacial score (nSPS) is 15.8. The molecule has 0 unspecified atom stereocenters. The van der Waals surface area contributed by atoms with Crippen LogP contribution in [0.5, 0.6) is 0 Å². The minimum absolute atomic E-state index is 0.684. The fourth-order valence-electron chi connectivity index (χ4n) is 2.12. The van der Waals surface area contributed by atoms with E-state index in [-0.39, 0.29) is 0 Å². The lowest BCUT2D eigenvalue weighted by atomic mass is 10.0. The van der Waals surface area contributed by atoms with Gasteiger partial charge in [-0.05, 0) is 32.6 Å². The van der Waals surface area contributed by atoms with Crippen LogP contribution in [0.25, 0.3) is 0 Å². The largest absolute Gasteiger partial charge is 0.331 e. The lowest BCUT2D eigenvalue weighted by Gasteiger charge is -2.13. The number of hydrogen-bond donors (Lipinski definition) is 0. The molecule has 0 saturated heterocycles. The summed E-state index contributed by atoms with van der Waals surface area (Å²) in [4.78, 5) is 4.57. The highest BCUT2D eigenvalue weighted by atomic mass is 35.5. The van der Waals surface area contributed by atoms with Crippen LogP contribution in [0.15, 0.2) is 0 Å². The van der Waals surface area contributed by atoms with Gasteiger partial charge in [0.2, 0.25) is 0 Å². The molecule has 0 atom stereocenters. The van der Waals surface area contributed by atoms with Crippen molar-refractivity contribution in [3.63, 3.8) is 0 Å². The zero-order valence-electron chi connectivity index (χ0n) is 8.02. The van der Waals surface area contributed by atoms with E-state index in [0.29, 0.717) is 5.88 Å². The van der Waals surface area contributed by atoms with Crippen LogP contribution >= 0.6 is 11.6 Å². The third-order valence-electron chi connectivity index (χ3n) is 2.73. The molecule has 0 aromatic carbocycles. The fraction of sp³-hybridized carbons (Fsp3) is 0.700. The van der Waals surface area contributed by atoms with E-state index in [1.165, 1.54) is 30.7 Å². The monoisotopic (exact) mass is 198 g/mol. The van der Waals surface area contributed by atoms with E-state index in [4.69, 9.17) is 11.6 Å². The first-order valence-electron chi connectivity index (χ1n) is 4.94. The molecule has 0 spiro atoms. The van der Waals surface area contributed by atoms with Crippen molar-refractivity contribution in [1.29, 1.82) is 0 Å². The van der Waals surface area contributed by atoms with Crippen molar-refractivity contribution >= 4 is 11.6 Å². The number of fused-ring (bicyclic) bond motifs is 1. The number of rotatable bonds is 2. The number of aryl methyl sites for hydroxylation is 2. The Hall–Kier alpha value is -0.500. The molecule has 1 heterocycles. The highest BCUT2D eigenvalue weighted by Crippen LogP contribution is 2.21. The molecule has 1 aromatic heterocycles. The van der Waals surface area contributed by atoms with Gasteiger partial charge in [0.15, 0.2) is 0 Å². The first-order chi connectivity index (χ1) is 6.33. The van der Waals surface area contributed by atoms with Gasteiger partial charge in [0.05, 0.1) is 5.69 Å². The Morgan fingerprint density at radius 3 is 2.92 bits per heavy atom. The van der Waals surface area contributed by atoms with Crippen molar-refractivity contribution in [3.05, 3.63) is 17.2 Å². The first kappa shape index (κ1) is 9.07. The van der Waals surface area contributed by atoms with Crippen LogP contribution in [0.2, 0.25) is 0 Å². The van der Waals surface area contributed by atoms with E-state index in [2.05, 4.69) is 16.5 Å². The molecule has 1 aliphatic rings. The van der Waals surface area contributed by atoms with Crippen LogP contribution in [-0.2, 0) is 19.4 Å². The van der Waals surface area contributed by atoms with Crippen molar-refractivity contribution in [2.24, 2.45) is 0 Å². The summed E-state index contributed by atoms with van der Waals surface area (Å²) in [5.74, 6) is 1.82. The molecule has 0 fully saturated rings. The minimum Gasteiger partial charge on any atom is -0.331 e. The van der Waals surface area contributed by atoms with Crippen molar-refractivity contribution in [2.75, 3.05) is 5.88 Å². The van der Waals surface area contributed by atoms with Gasteiger partial charge in [-0.3, -0.25) is 0 Å². The lowest BCUT2D eigenvalue weighted by molar-refractivity contribution is 0.617. The average Bonchev–Trinajstić information content (AvgIpc) is 2.44. The van der Waals surface area contributed by atoms with Crippen LogP contribution in [0.4, 0.5) is 0 Å². The third kappa shape index (κ3) is 1.60. The van der Waals surface area contributed by atoms with Gasteiger partial charge in [-0.25, -0.2) is 4.98 Å². The maximum atomic E-state index is 5.76. The van der Waals surface area contributed by atoms with Crippen molar-refractivity contribution in [1.82, 2.24) is 9.55 Å². The van der Waals surface area contributed by atoms with Crippen molar-refractivity contribution < 1.29 is 0 Å². The summed E-state index contributed by atoms with van der Waals surface area (Å²) in [7, 11) is 0. The second-order valence-electron chi connectivity index (χ2n) is 3.60. The molecule has 0 bridgehead atoms. The summed E-state index contributed by atoms with van der Waals surface area (Å²) in [5.41, 5.74) is 2.75. The molecule has 72 valence electrons. The zero-order chi connectivity index (χ0) is 9.26. The Balaban J connectivity index is 2.36. The molecule has 1 aliphatic carbocycles. The highest BCUT2D eigenvalue weighted by Gasteiger charge is 2.16. The highest BCUT2D eigenvalue weighted by molar-refractivity contribution is 6.17. The Kier molecular flexibility index (Phi) is 2.58. The molecular weight excluding hydrogens is 184 g/mol. The molecule has 0 saturated carbocycles. The van der Waals surface area contributed by atoms with E-state index in [1.807, 2.05) is 0 Å². The second-order valence-corrected chi connectivity index (χ2v) is 3.98. The summed E-state index contributed by atoms with van der Waals surface area (Å²) >= 11 is 5.76. The number of imidazole rings is 1. The van der Waals surface area contributed by atoms with Crippen LogP contribution in [-0.4, -0.2) is 15.4 Å². The molecule has 1 aromatic rings. The van der Waals surface area contributed by atoms with E-state index in [1.54, 1.807) is 0 Å². The zero-order valence-corrected chi connectivity index (χ0v) is 8.77. The van der Waals surface area contributed by atoms with Crippen molar-refractivity contribution in [3.8, 4) is 0 Å². The second kappa shape index (κ2) is 3.70. The van der Waals surface area contributed by atoms with Gasteiger partial charge in [0.1, 0.15) is 5.82 Å². The summed E-state index contributed by atoms with van der Waals surface area (Å²) in [6, 6.07) is 0. The van der Waals surface area contributed by atoms with Gasteiger partial charge in [-0.15, -0.1) is 11.6 Å². The summed E-state index contributed by atoms with van der Waals surface area (Å²) in [6.45, 7) is 2.99. The maximum absolute atomic E-state index is 5.76. The molecule has 3 heteroatoms. The number of nitrogens with zero attached hydrogens (tertiary/aromatic N) is 2. The summed E-state index contributed by atoms with van der Waals surface area (Å²) in [6.07, 6.45) is 4.95. The Morgan fingerprint density at radius 2 is 2.15 bits per heavy atom. The van der Waals surface area contributed by atoms with Gasteiger partial charge in [0, 0.05) is 18.1 Å². The van der Waals surface area contributed by atoms with Gasteiger partial charge < -0.3 is 4.57 Å². The Bertz CT molecular complexity index is 304. The van der Waals surface area contributed by atoms with Crippen LogP contribution < -0.4 is 0 Å². The predicted molar refractivity (Wildman–Crippen MR) is 54.3 cm³/mol. The van der Waals surface area contributed by atoms with Gasteiger partial charge in [-0.2, -0.15) is 0 Å². The van der Waals surface area contributed by atoms with Gasteiger partial charge in [-0.1, -0.05) is 0 Å². The van der Waals surface area contributed by atoms with E-state index < -0.39 is 0 Å². The quantitative estimate of drug-likeness (QED) is 0.667. The molecule has 13 heavy (non-hydrogen) atoms. The first-order valence-corrected chi connectivity index (χ1v) is 5.47. The number of halogens is 1. The molecule has 2 rings (SSSR count). The molecular formula is C10H15ClN2. The minimum atomic E-state index is 0.684. The molecule has 0 amide bonds. The number of aromatic nitrogens is 2. The fourth-order valence-corrected chi connectivity index (χ4v) is 2.29. The summed E-state index contributed by atoms with van der Waals surface area (Å²) < 4.78 is 2.28. The molecule has 0 aliphatic heterocycles. The Morgan fingerprint density at radius 1 is 1.38 bits per heavy atom. The van der Waals surface area contributed by atoms with Crippen LogP contribution in [0.3, 0.4) is 0 Å². The standard InChI is InChI=1S/C10H15ClN2/c1-8-12-9-4-2-3-5-10(9)13(8)7-6-11/h2-7H2,1H3. The predicted octanol–water partition coefficient (Wildman–Crippen LogP) is 2.31. The SMILES string of the molecule is Cc1nc2c(n1CCCl)CCCC2. The van der Waals surface area contributed by atoms with E-state index in [0.717, 1.165) is 18.8 Å². The van der Waals surface area contributed by atoms with Crippen LogP contribution in [0, 0.1) is 6.92 Å². The van der Waals surface area contributed by atoms with E-state index >= 15 is 0 Å². The molecule has 0 N–H and O–H groups in total. The lowest BCUT2D eigenvalue weighted by Crippen LogP contribution is -2.10. The number of alkyl halides is 1. The van der Waals surface area contributed by atoms with Gasteiger partial charge >= 0.3 is 0 Å². The van der Waals surface area contributed by atoms with Gasteiger partial charge in [0.25, 0.3) is 0 Å². The maximum Gasteiger partial charge on any atom is 0.106 e. The van der Waals surface area contributed by atoms with Crippen LogP contribution in [0.1, 0.15) is 30.1 Å². The van der Waals surface area contributed by atoms with Crippen molar-refractivity contribution in [2.45, 2.75) is 39.2 Å². The topological polar surface area (TPSA) is 17.8 Å².